The standard InChI is InChI=1S/C16H12F3N3O3/c17-16(18,19)10-4-1-2-5-11(10)21-13(23)8-22-14(24)9-25-12-6-3-7-20-15(12)22/h1-7H,8-9H2,(H,21,23). The van der Waals surface area contributed by atoms with Gasteiger partial charge in [-0.15, -0.1) is 0 Å². The number of carbonyl (C=O) groups excluding carboxylic acids is 2. The fourth-order valence-electron chi connectivity index (χ4n) is 2.37. The van der Waals surface area contributed by atoms with Crippen LogP contribution in [0, 0.1) is 0 Å². The van der Waals surface area contributed by atoms with E-state index in [4.69, 9.17) is 4.74 Å². The molecule has 0 radical (unpaired) electrons. The topological polar surface area (TPSA) is 71.5 Å². The van der Waals surface area contributed by atoms with Crippen LogP contribution < -0.4 is 15.0 Å². The first-order valence-electron chi connectivity index (χ1n) is 7.20. The van der Waals surface area contributed by atoms with Crippen molar-refractivity contribution in [2.24, 2.45) is 0 Å². The predicted octanol–water partition coefficient (Wildman–Crippen LogP) is 2.46. The Morgan fingerprint density at radius 3 is 2.76 bits per heavy atom. The zero-order valence-electron chi connectivity index (χ0n) is 12.7. The number of benzene rings is 1. The number of hydrogen-bond donors (Lipinski definition) is 1. The number of halogens is 3. The van der Waals surface area contributed by atoms with E-state index in [1.54, 1.807) is 12.1 Å². The van der Waals surface area contributed by atoms with Crippen molar-refractivity contribution in [3.05, 3.63) is 48.2 Å². The minimum absolute atomic E-state index is 0.151. The van der Waals surface area contributed by atoms with Gasteiger partial charge in [0.25, 0.3) is 5.91 Å². The highest BCUT2D eigenvalue weighted by molar-refractivity contribution is 6.04. The minimum Gasteiger partial charge on any atom is -0.480 e. The van der Waals surface area contributed by atoms with Gasteiger partial charge >= 0.3 is 6.18 Å². The molecule has 1 aromatic carbocycles. The van der Waals surface area contributed by atoms with Crippen LogP contribution in [0.3, 0.4) is 0 Å². The second kappa shape index (κ2) is 6.42. The number of amides is 2. The number of fused-ring (bicyclic) bond motifs is 1. The maximum atomic E-state index is 13.0. The van der Waals surface area contributed by atoms with Gasteiger partial charge in [0, 0.05) is 6.20 Å². The first kappa shape index (κ1) is 16.7. The van der Waals surface area contributed by atoms with Gasteiger partial charge in [-0.3, -0.25) is 14.5 Å². The van der Waals surface area contributed by atoms with E-state index in [-0.39, 0.29) is 18.1 Å². The second-order valence-corrected chi connectivity index (χ2v) is 5.19. The van der Waals surface area contributed by atoms with Gasteiger partial charge in [0.05, 0.1) is 11.3 Å². The zero-order valence-corrected chi connectivity index (χ0v) is 12.7. The lowest BCUT2D eigenvalue weighted by Gasteiger charge is -2.27. The molecular weight excluding hydrogens is 339 g/mol. The lowest BCUT2D eigenvalue weighted by molar-refractivity contribution is -0.137. The van der Waals surface area contributed by atoms with Gasteiger partial charge in [-0.05, 0) is 24.3 Å². The predicted molar refractivity (Wildman–Crippen MR) is 82.2 cm³/mol. The summed E-state index contributed by atoms with van der Waals surface area (Å²) in [5.74, 6) is -0.808. The molecule has 6 nitrogen and oxygen atoms in total. The van der Waals surface area contributed by atoms with Crippen LogP contribution in [0.4, 0.5) is 24.7 Å². The van der Waals surface area contributed by atoms with E-state index in [9.17, 15) is 22.8 Å². The molecule has 0 saturated heterocycles. The van der Waals surface area contributed by atoms with Gasteiger partial charge < -0.3 is 10.1 Å². The second-order valence-electron chi connectivity index (χ2n) is 5.19. The number of hydrogen-bond acceptors (Lipinski definition) is 4. The number of para-hydroxylation sites is 1. The number of ether oxygens (including phenoxy) is 1. The molecule has 2 aromatic rings. The van der Waals surface area contributed by atoms with Gasteiger partial charge in [-0.25, -0.2) is 4.98 Å². The molecule has 0 aliphatic carbocycles. The SMILES string of the molecule is O=C(CN1C(=O)COc2cccnc21)Nc1ccccc1C(F)(F)F. The van der Waals surface area contributed by atoms with Crippen molar-refractivity contribution in [1.82, 2.24) is 4.98 Å². The summed E-state index contributed by atoms with van der Waals surface area (Å²) in [6.45, 7) is -0.747. The van der Waals surface area contributed by atoms with Crippen molar-refractivity contribution in [1.29, 1.82) is 0 Å². The van der Waals surface area contributed by atoms with Gasteiger partial charge in [-0.2, -0.15) is 13.2 Å². The van der Waals surface area contributed by atoms with E-state index in [0.717, 1.165) is 17.0 Å². The molecule has 1 aliphatic heterocycles. The molecule has 1 N–H and O–H groups in total. The van der Waals surface area contributed by atoms with E-state index in [1.807, 2.05) is 0 Å². The smallest absolute Gasteiger partial charge is 0.418 e. The highest BCUT2D eigenvalue weighted by Crippen LogP contribution is 2.34. The lowest BCUT2D eigenvalue weighted by atomic mass is 10.1. The number of anilines is 2. The van der Waals surface area contributed by atoms with E-state index < -0.39 is 30.1 Å². The number of aromatic nitrogens is 1. The monoisotopic (exact) mass is 351 g/mol. The van der Waals surface area contributed by atoms with Crippen LogP contribution in [-0.4, -0.2) is 29.9 Å². The van der Waals surface area contributed by atoms with E-state index in [0.29, 0.717) is 5.75 Å². The molecular formula is C16H12F3N3O3. The third kappa shape index (κ3) is 3.54. The molecule has 0 bridgehead atoms. The summed E-state index contributed by atoms with van der Waals surface area (Å²) in [5.41, 5.74) is -1.34. The highest BCUT2D eigenvalue weighted by atomic mass is 19.4. The first-order valence-corrected chi connectivity index (χ1v) is 7.20. The number of nitrogens with one attached hydrogen (secondary N) is 1. The van der Waals surface area contributed by atoms with Crippen molar-refractivity contribution in [3.63, 3.8) is 0 Å². The molecule has 9 heteroatoms. The molecule has 3 rings (SSSR count). The van der Waals surface area contributed by atoms with Crippen LogP contribution in [0.15, 0.2) is 42.6 Å². The lowest BCUT2D eigenvalue weighted by Crippen LogP contribution is -2.44. The molecule has 0 saturated carbocycles. The summed E-state index contributed by atoms with van der Waals surface area (Å²) in [6, 6.07) is 7.80. The van der Waals surface area contributed by atoms with Crippen LogP contribution in [-0.2, 0) is 15.8 Å². The molecule has 1 aliphatic rings. The van der Waals surface area contributed by atoms with Gasteiger partial charge in [0.1, 0.15) is 6.54 Å². The Kier molecular flexibility index (Phi) is 4.30. The van der Waals surface area contributed by atoms with Gasteiger partial charge in [0.15, 0.2) is 18.2 Å². The zero-order chi connectivity index (χ0) is 18.0. The normalized spacial score (nSPS) is 13.9. The van der Waals surface area contributed by atoms with Crippen molar-refractivity contribution < 1.29 is 27.5 Å². The molecule has 0 unspecified atom stereocenters. The Morgan fingerprint density at radius 1 is 1.24 bits per heavy atom. The number of alkyl halides is 3. The van der Waals surface area contributed by atoms with Crippen LogP contribution >= 0.6 is 0 Å². The summed E-state index contributed by atoms with van der Waals surface area (Å²) >= 11 is 0. The van der Waals surface area contributed by atoms with Crippen molar-refractivity contribution in [2.75, 3.05) is 23.4 Å². The average molecular weight is 351 g/mol. The molecule has 130 valence electrons. The van der Waals surface area contributed by atoms with Crippen molar-refractivity contribution >= 4 is 23.3 Å². The van der Waals surface area contributed by atoms with E-state index >= 15 is 0 Å². The highest BCUT2D eigenvalue weighted by Gasteiger charge is 2.34. The molecule has 0 atom stereocenters. The summed E-state index contributed by atoms with van der Waals surface area (Å²) in [4.78, 5) is 29.2. The Bertz CT molecular complexity index is 824. The van der Waals surface area contributed by atoms with Crippen LogP contribution in [0.2, 0.25) is 0 Å². The number of nitrogens with zero attached hydrogens (tertiary/aromatic N) is 2. The number of carbonyl (C=O) groups is 2. The Morgan fingerprint density at radius 2 is 2.00 bits per heavy atom. The van der Waals surface area contributed by atoms with Crippen LogP contribution in [0.5, 0.6) is 5.75 Å². The Balaban J connectivity index is 1.79. The third-order valence-corrected chi connectivity index (χ3v) is 3.47. The van der Waals surface area contributed by atoms with Crippen LogP contribution in [0.25, 0.3) is 0 Å². The molecule has 0 fully saturated rings. The average Bonchev–Trinajstić information content (AvgIpc) is 2.57. The van der Waals surface area contributed by atoms with Crippen molar-refractivity contribution in [2.45, 2.75) is 6.18 Å². The molecule has 25 heavy (non-hydrogen) atoms. The van der Waals surface area contributed by atoms with Crippen molar-refractivity contribution in [3.8, 4) is 5.75 Å². The third-order valence-electron chi connectivity index (χ3n) is 3.47. The number of pyridine rings is 1. The maximum absolute atomic E-state index is 13.0. The minimum atomic E-state index is -4.60. The molecule has 1 aromatic heterocycles. The van der Waals surface area contributed by atoms with Crippen LogP contribution in [0.1, 0.15) is 5.56 Å². The molecule has 0 spiro atoms. The first-order chi connectivity index (χ1) is 11.9. The van der Waals surface area contributed by atoms with E-state index in [1.165, 1.54) is 18.3 Å². The molecule has 2 amide bonds. The summed E-state index contributed by atoms with van der Waals surface area (Å²) in [6.07, 6.45) is -3.18. The quantitative estimate of drug-likeness (QED) is 0.922. The van der Waals surface area contributed by atoms with Gasteiger partial charge in [0.2, 0.25) is 5.91 Å². The fourth-order valence-corrected chi connectivity index (χ4v) is 2.37. The van der Waals surface area contributed by atoms with E-state index in [2.05, 4.69) is 10.3 Å². The Hall–Kier alpha value is -3.10. The maximum Gasteiger partial charge on any atom is 0.418 e. The van der Waals surface area contributed by atoms with Gasteiger partial charge in [-0.1, -0.05) is 12.1 Å². The summed E-state index contributed by atoms with van der Waals surface area (Å²) < 4.78 is 44.1. The Labute approximate surface area is 140 Å². The molecule has 2 heterocycles. The summed E-state index contributed by atoms with van der Waals surface area (Å²) in [7, 11) is 0. The number of rotatable bonds is 3. The fraction of sp³-hybridized carbons (Fsp3) is 0.188. The summed E-state index contributed by atoms with van der Waals surface area (Å²) in [5, 5.41) is 2.19. The largest absolute Gasteiger partial charge is 0.480 e.